The first-order chi connectivity index (χ1) is 12.3. The van der Waals surface area contributed by atoms with Crippen molar-refractivity contribution in [3.05, 3.63) is 59.4 Å². The van der Waals surface area contributed by atoms with Gasteiger partial charge in [-0.1, -0.05) is 6.07 Å². The summed E-state index contributed by atoms with van der Waals surface area (Å²) in [4.78, 5) is 21.1. The van der Waals surface area contributed by atoms with Gasteiger partial charge in [0.05, 0.1) is 11.8 Å². The zero-order valence-corrected chi connectivity index (χ0v) is 13.7. The van der Waals surface area contributed by atoms with Gasteiger partial charge in [0.1, 0.15) is 10.7 Å². The molecule has 0 saturated carbocycles. The molecule has 4 rings (SSSR count). The highest BCUT2D eigenvalue weighted by atomic mass is 32.1. The molecule has 0 saturated heterocycles. The van der Waals surface area contributed by atoms with Crippen LogP contribution in [0.3, 0.4) is 0 Å². The molecule has 0 spiro atoms. The number of carbonyl (C=O) groups excluding carboxylic acids is 1. The normalized spacial score (nSPS) is 13.2. The van der Waals surface area contributed by atoms with Crippen LogP contribution in [0.15, 0.2) is 48.0 Å². The predicted molar refractivity (Wildman–Crippen MR) is 90.6 cm³/mol. The molecular formula is C18H11N3O3S. The number of nitriles is 1. The molecule has 0 radical (unpaired) electrons. The molecule has 7 heteroatoms. The highest BCUT2D eigenvalue weighted by Crippen LogP contribution is 2.37. The van der Waals surface area contributed by atoms with Crippen LogP contribution in [-0.4, -0.2) is 22.5 Å². The Balaban J connectivity index is 1.63. The standard InChI is InChI=1S/C18H11N3O3S/c19-8-12(13-3-1-2-6-20-13)17(22)14-9-25-18(21-14)11-4-5-15-16(7-11)24-10-23-15/h1-7,9,12H,10H2. The second kappa shape index (κ2) is 6.34. The lowest BCUT2D eigenvalue weighted by Crippen LogP contribution is -2.12. The summed E-state index contributed by atoms with van der Waals surface area (Å²) in [7, 11) is 0. The number of fused-ring (bicyclic) bond motifs is 1. The molecule has 25 heavy (non-hydrogen) atoms. The predicted octanol–water partition coefficient (Wildman–Crippen LogP) is 3.42. The first-order valence-electron chi connectivity index (χ1n) is 7.46. The first kappa shape index (κ1) is 15.3. The molecule has 3 heterocycles. The lowest BCUT2D eigenvalue weighted by molar-refractivity contribution is 0.0973. The van der Waals surface area contributed by atoms with E-state index in [0.717, 1.165) is 5.56 Å². The third kappa shape index (κ3) is 2.84. The zero-order valence-electron chi connectivity index (χ0n) is 12.9. The van der Waals surface area contributed by atoms with Crippen molar-refractivity contribution in [1.82, 2.24) is 9.97 Å². The molecule has 3 aromatic rings. The van der Waals surface area contributed by atoms with Crippen molar-refractivity contribution in [1.29, 1.82) is 5.26 Å². The lowest BCUT2D eigenvalue weighted by atomic mass is 9.99. The first-order valence-corrected chi connectivity index (χ1v) is 8.34. The largest absolute Gasteiger partial charge is 0.454 e. The van der Waals surface area contributed by atoms with Crippen molar-refractivity contribution in [2.75, 3.05) is 6.79 Å². The van der Waals surface area contributed by atoms with Gasteiger partial charge in [-0.15, -0.1) is 11.3 Å². The number of nitrogens with zero attached hydrogens (tertiary/aromatic N) is 3. The van der Waals surface area contributed by atoms with Crippen molar-refractivity contribution < 1.29 is 14.3 Å². The number of Topliss-reactive ketones (excluding diaryl/α,β-unsaturated/α-hetero) is 1. The van der Waals surface area contributed by atoms with Crippen LogP contribution in [0.4, 0.5) is 0 Å². The molecule has 1 aliphatic rings. The summed E-state index contributed by atoms with van der Waals surface area (Å²) in [6, 6.07) is 12.7. The minimum absolute atomic E-state index is 0.203. The molecule has 1 unspecified atom stereocenters. The summed E-state index contributed by atoms with van der Waals surface area (Å²) in [5.41, 5.74) is 1.52. The summed E-state index contributed by atoms with van der Waals surface area (Å²) < 4.78 is 10.7. The van der Waals surface area contributed by atoms with Crippen LogP contribution in [0.2, 0.25) is 0 Å². The number of hydrogen-bond acceptors (Lipinski definition) is 7. The van der Waals surface area contributed by atoms with E-state index in [1.54, 1.807) is 29.8 Å². The van der Waals surface area contributed by atoms with Crippen LogP contribution in [0.25, 0.3) is 10.6 Å². The number of ketones is 1. The van der Waals surface area contributed by atoms with E-state index in [1.165, 1.54) is 11.3 Å². The maximum atomic E-state index is 12.6. The molecule has 0 fully saturated rings. The van der Waals surface area contributed by atoms with Gasteiger partial charge in [-0.05, 0) is 30.3 Å². The maximum absolute atomic E-state index is 12.6. The lowest BCUT2D eigenvalue weighted by Gasteiger charge is -2.05. The Morgan fingerprint density at radius 2 is 2.12 bits per heavy atom. The van der Waals surface area contributed by atoms with E-state index in [9.17, 15) is 10.1 Å². The van der Waals surface area contributed by atoms with Crippen molar-refractivity contribution >= 4 is 17.1 Å². The van der Waals surface area contributed by atoms with Crippen LogP contribution >= 0.6 is 11.3 Å². The van der Waals surface area contributed by atoms with Gasteiger partial charge in [0.15, 0.2) is 17.4 Å². The fourth-order valence-electron chi connectivity index (χ4n) is 2.50. The molecule has 2 aromatic heterocycles. The molecule has 0 N–H and O–H groups in total. The molecular weight excluding hydrogens is 338 g/mol. The number of thiazole rings is 1. The molecule has 0 amide bonds. The zero-order chi connectivity index (χ0) is 17.2. The van der Waals surface area contributed by atoms with Crippen LogP contribution in [-0.2, 0) is 0 Å². The van der Waals surface area contributed by atoms with Gasteiger partial charge >= 0.3 is 0 Å². The number of rotatable bonds is 4. The minimum Gasteiger partial charge on any atom is -0.454 e. The van der Waals surface area contributed by atoms with E-state index in [2.05, 4.69) is 9.97 Å². The van der Waals surface area contributed by atoms with E-state index < -0.39 is 5.92 Å². The highest BCUT2D eigenvalue weighted by molar-refractivity contribution is 7.13. The smallest absolute Gasteiger partial charge is 0.231 e. The monoisotopic (exact) mass is 349 g/mol. The number of benzene rings is 1. The van der Waals surface area contributed by atoms with Crippen LogP contribution < -0.4 is 9.47 Å². The van der Waals surface area contributed by atoms with E-state index in [0.29, 0.717) is 22.2 Å². The van der Waals surface area contributed by atoms with Gasteiger partial charge in [-0.2, -0.15) is 5.26 Å². The molecule has 1 atom stereocenters. The summed E-state index contributed by atoms with van der Waals surface area (Å²) in [5.74, 6) is 0.0256. The summed E-state index contributed by atoms with van der Waals surface area (Å²) >= 11 is 1.34. The fourth-order valence-corrected chi connectivity index (χ4v) is 3.31. The molecule has 0 bridgehead atoms. The van der Waals surface area contributed by atoms with Crippen LogP contribution in [0, 0.1) is 11.3 Å². The van der Waals surface area contributed by atoms with Crippen LogP contribution in [0.5, 0.6) is 11.5 Å². The second-order valence-corrected chi connectivity index (χ2v) is 6.15. The Morgan fingerprint density at radius 1 is 1.24 bits per heavy atom. The molecule has 1 aromatic carbocycles. The molecule has 6 nitrogen and oxygen atoms in total. The highest BCUT2D eigenvalue weighted by Gasteiger charge is 2.25. The number of aromatic nitrogens is 2. The topological polar surface area (TPSA) is 85.1 Å². The van der Waals surface area contributed by atoms with E-state index >= 15 is 0 Å². The molecule has 0 aliphatic carbocycles. The third-order valence-electron chi connectivity index (χ3n) is 3.75. The van der Waals surface area contributed by atoms with Gasteiger partial charge in [-0.3, -0.25) is 9.78 Å². The second-order valence-electron chi connectivity index (χ2n) is 5.29. The summed E-state index contributed by atoms with van der Waals surface area (Å²) in [6.45, 7) is 0.203. The van der Waals surface area contributed by atoms with Gasteiger partial charge < -0.3 is 9.47 Å². The Bertz CT molecular complexity index is 979. The Labute approximate surface area is 147 Å². The fraction of sp³-hybridized carbons (Fsp3) is 0.111. The van der Waals surface area contributed by atoms with Crippen molar-refractivity contribution in [2.24, 2.45) is 0 Å². The van der Waals surface area contributed by atoms with Gasteiger partial charge in [0.25, 0.3) is 0 Å². The van der Waals surface area contributed by atoms with Crippen LogP contribution in [0.1, 0.15) is 22.1 Å². The van der Waals surface area contributed by atoms with E-state index in [-0.39, 0.29) is 18.3 Å². The number of carbonyl (C=O) groups is 1. The van der Waals surface area contributed by atoms with Gasteiger partial charge in [-0.25, -0.2) is 4.98 Å². The van der Waals surface area contributed by atoms with Gasteiger partial charge in [0, 0.05) is 17.1 Å². The minimum atomic E-state index is -0.965. The van der Waals surface area contributed by atoms with Crippen molar-refractivity contribution in [2.45, 2.75) is 5.92 Å². The SMILES string of the molecule is N#CC(C(=O)c1csc(-c2ccc3c(c2)OCO3)n1)c1ccccn1. The number of pyridine rings is 1. The van der Waals surface area contributed by atoms with Gasteiger partial charge in [0.2, 0.25) is 12.6 Å². The summed E-state index contributed by atoms with van der Waals surface area (Å²) in [5, 5.41) is 11.7. The Kier molecular flexibility index (Phi) is 3.88. The van der Waals surface area contributed by atoms with E-state index in [4.69, 9.17) is 9.47 Å². The summed E-state index contributed by atoms with van der Waals surface area (Å²) in [6.07, 6.45) is 1.56. The van der Waals surface area contributed by atoms with Crippen molar-refractivity contribution in [3.8, 4) is 28.1 Å². The Hall–Kier alpha value is -3.24. The average molecular weight is 349 g/mol. The average Bonchev–Trinajstić information content (AvgIpc) is 3.32. The third-order valence-corrected chi connectivity index (χ3v) is 4.64. The number of hydrogen-bond donors (Lipinski definition) is 0. The number of ether oxygens (including phenoxy) is 2. The molecule has 122 valence electrons. The maximum Gasteiger partial charge on any atom is 0.231 e. The Morgan fingerprint density at radius 3 is 2.92 bits per heavy atom. The van der Waals surface area contributed by atoms with E-state index in [1.807, 2.05) is 24.3 Å². The van der Waals surface area contributed by atoms with Crippen molar-refractivity contribution in [3.63, 3.8) is 0 Å². The molecule has 1 aliphatic heterocycles. The quantitative estimate of drug-likeness (QED) is 0.671.